The second kappa shape index (κ2) is 11.8. The molecule has 4 aromatic rings. The van der Waals surface area contributed by atoms with Crippen molar-refractivity contribution in [3.8, 4) is 5.69 Å². The van der Waals surface area contributed by atoms with Gasteiger partial charge in [-0.2, -0.15) is 0 Å². The molecule has 6 nitrogen and oxygen atoms in total. The minimum atomic E-state index is -0.491. The summed E-state index contributed by atoms with van der Waals surface area (Å²) < 4.78 is 15.3. The van der Waals surface area contributed by atoms with Gasteiger partial charge in [-0.05, 0) is 68.6 Å². The van der Waals surface area contributed by atoms with Gasteiger partial charge >= 0.3 is 0 Å². The summed E-state index contributed by atoms with van der Waals surface area (Å²) in [5, 5.41) is 0.459. The predicted octanol–water partition coefficient (Wildman–Crippen LogP) is 5.08. The number of carbonyl (C=O) groups is 1. The number of para-hydroxylation sites is 1. The average molecular weight is 499 g/mol. The van der Waals surface area contributed by atoms with Crippen LogP contribution in [0, 0.1) is 5.82 Å². The second-order valence-electron chi connectivity index (χ2n) is 9.11. The topological polar surface area (TPSA) is 58.4 Å². The lowest BCUT2D eigenvalue weighted by molar-refractivity contribution is -0.128. The van der Waals surface area contributed by atoms with Crippen molar-refractivity contribution in [1.29, 1.82) is 0 Å². The van der Waals surface area contributed by atoms with Crippen LogP contribution < -0.4 is 5.56 Å². The number of likely N-dealkylation sites (N-methyl/N-ethyl adjacent to an activating group) is 1. The van der Waals surface area contributed by atoms with E-state index in [4.69, 9.17) is 4.98 Å². The van der Waals surface area contributed by atoms with E-state index < -0.39 is 11.9 Å². The van der Waals surface area contributed by atoms with Gasteiger partial charge in [0.2, 0.25) is 5.91 Å². The lowest BCUT2D eigenvalue weighted by atomic mass is 10.1. The number of hydrogen-bond acceptors (Lipinski definition) is 4. The molecule has 4 rings (SSSR count). The van der Waals surface area contributed by atoms with Crippen molar-refractivity contribution >= 4 is 22.9 Å². The van der Waals surface area contributed by atoms with E-state index in [-0.39, 0.29) is 11.5 Å². The predicted molar refractivity (Wildman–Crippen MR) is 146 cm³/mol. The highest BCUT2D eigenvalue weighted by Crippen LogP contribution is 2.26. The minimum Gasteiger partial charge on any atom is -0.328 e. The van der Waals surface area contributed by atoms with Crippen LogP contribution in [0.4, 0.5) is 4.39 Å². The van der Waals surface area contributed by atoms with Crippen LogP contribution in [0.2, 0.25) is 0 Å². The molecule has 0 fully saturated rings. The van der Waals surface area contributed by atoms with Gasteiger partial charge < -0.3 is 9.80 Å². The highest BCUT2D eigenvalue weighted by molar-refractivity contribution is 5.92. The second-order valence-corrected chi connectivity index (χ2v) is 9.11. The third-order valence-corrected chi connectivity index (χ3v) is 6.24. The number of fused-ring (bicyclic) bond motifs is 1. The lowest BCUT2D eigenvalue weighted by Gasteiger charge is -2.32. The molecule has 0 radical (unpaired) electrons. The molecule has 0 bridgehead atoms. The smallest absolute Gasteiger partial charge is 0.266 e. The molecule has 0 aliphatic heterocycles. The Kier molecular flexibility index (Phi) is 8.25. The quantitative estimate of drug-likeness (QED) is 0.302. The van der Waals surface area contributed by atoms with Crippen molar-refractivity contribution in [2.24, 2.45) is 0 Å². The van der Waals surface area contributed by atoms with E-state index >= 15 is 0 Å². The normalized spacial score (nSPS) is 12.4. The monoisotopic (exact) mass is 498 g/mol. The third kappa shape index (κ3) is 6.01. The molecule has 37 heavy (non-hydrogen) atoms. The first-order valence-electron chi connectivity index (χ1n) is 12.3. The van der Waals surface area contributed by atoms with Crippen molar-refractivity contribution in [2.45, 2.75) is 19.4 Å². The zero-order valence-electron chi connectivity index (χ0n) is 21.3. The van der Waals surface area contributed by atoms with E-state index in [1.807, 2.05) is 62.3 Å². The fourth-order valence-corrected chi connectivity index (χ4v) is 4.31. The Bertz CT molecular complexity index is 1450. The van der Waals surface area contributed by atoms with Gasteiger partial charge in [0.1, 0.15) is 11.6 Å². The van der Waals surface area contributed by atoms with E-state index in [9.17, 15) is 14.0 Å². The Hall–Kier alpha value is -4.10. The van der Waals surface area contributed by atoms with Gasteiger partial charge in [0.15, 0.2) is 0 Å². The largest absolute Gasteiger partial charge is 0.328 e. The Balaban J connectivity index is 1.86. The number of carbonyl (C=O) groups excluding carboxylic acids is 1. The fraction of sp³-hybridized carbons (Fsp3) is 0.233. The van der Waals surface area contributed by atoms with Crippen molar-refractivity contribution in [3.63, 3.8) is 0 Å². The summed E-state index contributed by atoms with van der Waals surface area (Å²) in [6, 6.07) is 22.0. The zero-order chi connectivity index (χ0) is 26.4. The minimum absolute atomic E-state index is 0.175. The van der Waals surface area contributed by atoms with Crippen LogP contribution in [0.15, 0.2) is 89.7 Å². The van der Waals surface area contributed by atoms with Gasteiger partial charge in [-0.1, -0.05) is 49.4 Å². The van der Waals surface area contributed by atoms with Crippen molar-refractivity contribution < 1.29 is 9.18 Å². The van der Waals surface area contributed by atoms with E-state index in [1.54, 1.807) is 47.4 Å². The Labute approximate surface area is 216 Å². The van der Waals surface area contributed by atoms with Gasteiger partial charge in [-0.15, -0.1) is 0 Å². The van der Waals surface area contributed by atoms with Gasteiger partial charge in [-0.25, -0.2) is 9.37 Å². The van der Waals surface area contributed by atoms with Crippen LogP contribution in [0.1, 0.15) is 30.8 Å². The molecule has 0 N–H and O–H groups in total. The molecule has 3 aromatic carbocycles. The standard InChI is InChI=1S/C30H31FN4O2/c1-4-27(34(21-20-33(2)3)28(36)19-14-22-10-6-5-7-11-22)29-32-26-13-9-8-12-25(26)30(37)35(29)24-17-15-23(31)16-18-24/h5-19,27H,4,20-21H2,1-3H3/b19-14+. The molecular formula is C30H31FN4O2. The van der Waals surface area contributed by atoms with E-state index in [0.29, 0.717) is 41.9 Å². The summed E-state index contributed by atoms with van der Waals surface area (Å²) in [6.45, 7) is 3.04. The summed E-state index contributed by atoms with van der Waals surface area (Å²) in [4.78, 5) is 36.0. The highest BCUT2D eigenvalue weighted by Gasteiger charge is 2.28. The van der Waals surface area contributed by atoms with Gasteiger partial charge in [0.25, 0.3) is 5.56 Å². The molecule has 1 amide bonds. The molecule has 0 saturated carbocycles. The number of hydrogen-bond donors (Lipinski definition) is 0. The number of aromatic nitrogens is 2. The van der Waals surface area contributed by atoms with Gasteiger partial charge in [0, 0.05) is 19.2 Å². The first kappa shape index (κ1) is 26.0. The summed E-state index contributed by atoms with van der Waals surface area (Å²) in [5.41, 5.74) is 1.71. The maximum absolute atomic E-state index is 13.7. The number of amides is 1. The van der Waals surface area contributed by atoms with Crippen molar-refractivity contribution in [3.05, 3.63) is 112 Å². The molecule has 190 valence electrons. The summed E-state index contributed by atoms with van der Waals surface area (Å²) in [7, 11) is 3.90. The molecule has 0 saturated heterocycles. The summed E-state index contributed by atoms with van der Waals surface area (Å²) in [5.74, 6) is -0.128. The molecule has 0 aliphatic rings. The molecule has 0 spiro atoms. The van der Waals surface area contributed by atoms with Crippen LogP contribution in [0.25, 0.3) is 22.7 Å². The SMILES string of the molecule is CCC(c1nc2ccccc2c(=O)n1-c1ccc(F)cc1)N(CCN(C)C)C(=O)/C=C/c1ccccc1. The molecule has 0 aliphatic carbocycles. The van der Waals surface area contributed by atoms with Crippen molar-refractivity contribution in [1.82, 2.24) is 19.4 Å². The number of nitrogens with zero attached hydrogens (tertiary/aromatic N) is 4. The molecule has 1 atom stereocenters. The van der Waals surface area contributed by atoms with E-state index in [2.05, 4.69) is 0 Å². The van der Waals surface area contributed by atoms with Gasteiger partial charge in [-0.3, -0.25) is 14.2 Å². The van der Waals surface area contributed by atoms with E-state index in [1.165, 1.54) is 16.7 Å². The van der Waals surface area contributed by atoms with Crippen LogP contribution in [-0.2, 0) is 4.79 Å². The third-order valence-electron chi connectivity index (χ3n) is 6.24. The Morgan fingerprint density at radius 3 is 2.32 bits per heavy atom. The molecule has 1 unspecified atom stereocenters. The Morgan fingerprint density at radius 2 is 1.65 bits per heavy atom. The maximum atomic E-state index is 13.7. The molecule has 1 heterocycles. The van der Waals surface area contributed by atoms with E-state index in [0.717, 1.165) is 5.56 Å². The first-order valence-corrected chi connectivity index (χ1v) is 12.3. The van der Waals surface area contributed by atoms with Crippen LogP contribution in [0.5, 0.6) is 0 Å². The number of halogens is 1. The number of benzene rings is 3. The highest BCUT2D eigenvalue weighted by atomic mass is 19.1. The van der Waals surface area contributed by atoms with Crippen LogP contribution in [0.3, 0.4) is 0 Å². The fourth-order valence-electron chi connectivity index (χ4n) is 4.31. The van der Waals surface area contributed by atoms with Crippen molar-refractivity contribution in [2.75, 3.05) is 27.2 Å². The van der Waals surface area contributed by atoms with Gasteiger partial charge in [0.05, 0.1) is 22.6 Å². The molecule has 1 aromatic heterocycles. The summed E-state index contributed by atoms with van der Waals surface area (Å²) >= 11 is 0. The number of rotatable bonds is 9. The molecule has 7 heteroatoms. The Morgan fingerprint density at radius 1 is 0.973 bits per heavy atom. The lowest BCUT2D eigenvalue weighted by Crippen LogP contribution is -2.41. The average Bonchev–Trinajstić information content (AvgIpc) is 2.91. The van der Waals surface area contributed by atoms with Crippen LogP contribution in [-0.4, -0.2) is 52.4 Å². The maximum Gasteiger partial charge on any atom is 0.266 e. The summed E-state index contributed by atoms with van der Waals surface area (Å²) in [6.07, 6.45) is 3.89. The van der Waals surface area contributed by atoms with Crippen LogP contribution >= 0.6 is 0 Å². The zero-order valence-corrected chi connectivity index (χ0v) is 21.3. The molecular weight excluding hydrogens is 467 g/mol. The first-order chi connectivity index (χ1) is 17.9.